The number of hydrogen-bond donors (Lipinski definition) is 2. The van der Waals surface area contributed by atoms with Crippen molar-refractivity contribution >= 4 is 33.9 Å². The minimum Gasteiger partial charge on any atom is -0.378 e. The molecule has 0 unspecified atom stereocenters. The van der Waals surface area contributed by atoms with E-state index in [0.29, 0.717) is 11.2 Å². The normalized spacial score (nSPS) is 10.3. The summed E-state index contributed by atoms with van der Waals surface area (Å²) < 4.78 is 0. The molecule has 0 radical (unpaired) electrons. The molecular formula is C19H17N5O. The molecule has 6 heteroatoms. The van der Waals surface area contributed by atoms with Crippen LogP contribution < -0.4 is 16.0 Å². The Bertz CT molecular complexity index is 1000. The topological polar surface area (TPSA) is 95.0 Å². The first kappa shape index (κ1) is 16.3. The number of aromatic nitrogens is 1. The highest BCUT2D eigenvalue weighted by molar-refractivity contribution is 6.04. The summed E-state index contributed by atoms with van der Waals surface area (Å²) in [4.78, 5) is 18.0. The number of pyridine rings is 1. The molecule has 0 spiro atoms. The Morgan fingerprint density at radius 2 is 1.96 bits per heavy atom. The number of nitriles is 1. The van der Waals surface area contributed by atoms with Crippen molar-refractivity contribution in [2.75, 3.05) is 24.3 Å². The maximum absolute atomic E-state index is 11.7. The summed E-state index contributed by atoms with van der Waals surface area (Å²) in [5, 5.41) is 13.6. The molecule has 0 saturated heterocycles. The first-order chi connectivity index (χ1) is 12.0. The van der Waals surface area contributed by atoms with Crippen molar-refractivity contribution in [1.82, 2.24) is 4.98 Å². The molecule has 0 saturated carbocycles. The van der Waals surface area contributed by atoms with E-state index in [2.05, 4.69) is 16.4 Å². The fourth-order valence-electron chi connectivity index (χ4n) is 2.64. The predicted molar refractivity (Wildman–Crippen MR) is 99.0 cm³/mol. The van der Waals surface area contributed by atoms with Crippen molar-refractivity contribution in [2.45, 2.75) is 0 Å². The molecule has 0 aliphatic carbocycles. The first-order valence-corrected chi connectivity index (χ1v) is 7.68. The summed E-state index contributed by atoms with van der Waals surface area (Å²) in [5.41, 5.74) is 8.46. The number of amides is 1. The maximum atomic E-state index is 11.7. The Hall–Kier alpha value is -3.59. The van der Waals surface area contributed by atoms with E-state index in [1.807, 2.05) is 61.5 Å². The molecule has 3 rings (SSSR count). The summed E-state index contributed by atoms with van der Waals surface area (Å²) in [5.74, 6) is -0.729. The predicted octanol–water partition coefficient (Wildman–Crippen LogP) is 3.01. The highest BCUT2D eigenvalue weighted by atomic mass is 16.1. The molecule has 0 aliphatic rings. The average molecular weight is 331 g/mol. The molecule has 0 atom stereocenters. The fraction of sp³-hybridized carbons (Fsp3) is 0.105. The number of para-hydroxylation sites is 1. The zero-order valence-corrected chi connectivity index (χ0v) is 13.9. The molecule has 0 fully saturated rings. The zero-order chi connectivity index (χ0) is 18.0. The quantitative estimate of drug-likeness (QED) is 0.766. The number of nitrogens with zero attached hydrogens (tertiary/aromatic N) is 3. The largest absolute Gasteiger partial charge is 0.378 e. The van der Waals surface area contributed by atoms with E-state index in [4.69, 9.17) is 5.73 Å². The van der Waals surface area contributed by atoms with Crippen LogP contribution in [0.25, 0.3) is 10.9 Å². The van der Waals surface area contributed by atoms with Crippen molar-refractivity contribution in [1.29, 1.82) is 5.26 Å². The van der Waals surface area contributed by atoms with Gasteiger partial charge in [-0.15, -0.1) is 0 Å². The second kappa shape index (κ2) is 6.49. The third-order valence-corrected chi connectivity index (χ3v) is 3.87. The van der Waals surface area contributed by atoms with E-state index >= 15 is 0 Å². The SMILES string of the molecule is CN(C)c1cccc(Nc2c(C#N)c(C(N)=O)nc3ccccc23)c1. The summed E-state index contributed by atoms with van der Waals surface area (Å²) in [7, 11) is 3.90. The van der Waals surface area contributed by atoms with Gasteiger partial charge in [0, 0.05) is 30.9 Å². The molecular weight excluding hydrogens is 314 g/mol. The van der Waals surface area contributed by atoms with E-state index in [1.54, 1.807) is 6.07 Å². The van der Waals surface area contributed by atoms with Crippen molar-refractivity contribution in [3.05, 3.63) is 59.8 Å². The molecule has 1 aromatic heterocycles. The minimum absolute atomic E-state index is 0.0348. The van der Waals surface area contributed by atoms with Gasteiger partial charge in [-0.1, -0.05) is 24.3 Å². The number of rotatable bonds is 4. The van der Waals surface area contributed by atoms with Crippen LogP contribution in [-0.4, -0.2) is 25.0 Å². The molecule has 6 nitrogen and oxygen atoms in total. The summed E-state index contributed by atoms with van der Waals surface area (Å²) in [6, 6.07) is 17.1. The molecule has 3 N–H and O–H groups in total. The van der Waals surface area contributed by atoms with Gasteiger partial charge in [-0.2, -0.15) is 5.26 Å². The summed E-state index contributed by atoms with van der Waals surface area (Å²) in [6.45, 7) is 0. The van der Waals surface area contributed by atoms with E-state index in [1.165, 1.54) is 0 Å². The third-order valence-electron chi connectivity index (χ3n) is 3.87. The third kappa shape index (κ3) is 3.08. The van der Waals surface area contributed by atoms with E-state index in [-0.39, 0.29) is 11.3 Å². The van der Waals surface area contributed by atoms with Gasteiger partial charge in [0.2, 0.25) is 0 Å². The lowest BCUT2D eigenvalue weighted by Gasteiger charge is -2.16. The molecule has 2 aromatic carbocycles. The molecule has 1 heterocycles. The Morgan fingerprint density at radius 1 is 1.20 bits per heavy atom. The van der Waals surface area contributed by atoms with Gasteiger partial charge < -0.3 is 16.0 Å². The lowest BCUT2D eigenvalue weighted by Crippen LogP contribution is -2.16. The maximum Gasteiger partial charge on any atom is 0.268 e. The van der Waals surface area contributed by atoms with Gasteiger partial charge in [-0.3, -0.25) is 4.79 Å². The molecule has 1 amide bonds. The number of nitrogens with two attached hydrogens (primary N) is 1. The van der Waals surface area contributed by atoms with Crippen LogP contribution in [0.4, 0.5) is 17.1 Å². The lowest BCUT2D eigenvalue weighted by atomic mass is 10.1. The van der Waals surface area contributed by atoms with Crippen LogP contribution in [0.2, 0.25) is 0 Å². The molecule has 124 valence electrons. The van der Waals surface area contributed by atoms with Gasteiger partial charge in [-0.25, -0.2) is 4.98 Å². The van der Waals surface area contributed by atoms with Crippen LogP contribution in [0.15, 0.2) is 48.5 Å². The number of primary amides is 1. The van der Waals surface area contributed by atoms with Crippen LogP contribution in [-0.2, 0) is 0 Å². The smallest absolute Gasteiger partial charge is 0.268 e. The zero-order valence-electron chi connectivity index (χ0n) is 13.9. The van der Waals surface area contributed by atoms with Crippen molar-refractivity contribution in [2.24, 2.45) is 5.73 Å². The van der Waals surface area contributed by atoms with Crippen molar-refractivity contribution in [3.63, 3.8) is 0 Å². The highest BCUT2D eigenvalue weighted by Gasteiger charge is 2.18. The Morgan fingerprint density at radius 3 is 2.64 bits per heavy atom. The van der Waals surface area contributed by atoms with E-state index in [9.17, 15) is 10.1 Å². The van der Waals surface area contributed by atoms with Gasteiger partial charge in [0.1, 0.15) is 17.3 Å². The van der Waals surface area contributed by atoms with E-state index < -0.39 is 5.91 Å². The molecule has 0 bridgehead atoms. The van der Waals surface area contributed by atoms with Gasteiger partial charge in [0.15, 0.2) is 0 Å². The fourth-order valence-corrected chi connectivity index (χ4v) is 2.64. The number of carbonyl (C=O) groups is 1. The molecule has 3 aromatic rings. The second-order valence-corrected chi connectivity index (χ2v) is 5.77. The number of fused-ring (bicyclic) bond motifs is 1. The van der Waals surface area contributed by atoms with Crippen molar-refractivity contribution < 1.29 is 4.79 Å². The van der Waals surface area contributed by atoms with Crippen molar-refractivity contribution in [3.8, 4) is 6.07 Å². The Kier molecular flexibility index (Phi) is 4.23. The minimum atomic E-state index is -0.729. The van der Waals surface area contributed by atoms with Crippen LogP contribution in [0.3, 0.4) is 0 Å². The molecule has 0 aliphatic heterocycles. The second-order valence-electron chi connectivity index (χ2n) is 5.77. The molecule has 25 heavy (non-hydrogen) atoms. The standard InChI is InChI=1S/C19H17N5O/c1-24(2)13-7-5-6-12(10-13)22-17-14-8-3-4-9-16(14)23-18(19(21)25)15(17)11-20/h3-10H,1-2H3,(H2,21,25)(H,22,23). The first-order valence-electron chi connectivity index (χ1n) is 7.68. The van der Waals surface area contributed by atoms with Crippen LogP contribution in [0, 0.1) is 11.3 Å². The van der Waals surface area contributed by atoms with Gasteiger partial charge in [0.25, 0.3) is 5.91 Å². The summed E-state index contributed by atoms with van der Waals surface area (Å²) in [6.07, 6.45) is 0. The number of nitrogens with one attached hydrogen (secondary N) is 1. The Labute approximate surface area is 145 Å². The van der Waals surface area contributed by atoms with Crippen LogP contribution >= 0.6 is 0 Å². The van der Waals surface area contributed by atoms with Gasteiger partial charge in [0.05, 0.1) is 11.2 Å². The number of benzene rings is 2. The van der Waals surface area contributed by atoms with Crippen LogP contribution in [0.1, 0.15) is 16.1 Å². The number of anilines is 3. The van der Waals surface area contributed by atoms with Gasteiger partial charge >= 0.3 is 0 Å². The number of carbonyl (C=O) groups excluding carboxylic acids is 1. The Balaban J connectivity index is 2.22. The summed E-state index contributed by atoms with van der Waals surface area (Å²) >= 11 is 0. The van der Waals surface area contributed by atoms with Crippen LogP contribution in [0.5, 0.6) is 0 Å². The van der Waals surface area contributed by atoms with E-state index in [0.717, 1.165) is 16.8 Å². The average Bonchev–Trinajstić information content (AvgIpc) is 2.61. The lowest BCUT2D eigenvalue weighted by molar-refractivity contribution is 0.0995. The number of hydrogen-bond acceptors (Lipinski definition) is 5. The highest BCUT2D eigenvalue weighted by Crippen LogP contribution is 2.31. The monoisotopic (exact) mass is 331 g/mol. The van der Waals surface area contributed by atoms with Gasteiger partial charge in [-0.05, 0) is 24.3 Å².